The predicted octanol–water partition coefficient (Wildman–Crippen LogP) is 2.12. The van der Waals surface area contributed by atoms with Crippen LogP contribution in [0.15, 0.2) is 23.4 Å². The molecule has 0 aliphatic rings. The van der Waals surface area contributed by atoms with Crippen LogP contribution in [0.2, 0.25) is 5.02 Å². The van der Waals surface area contributed by atoms with Gasteiger partial charge in [-0.25, -0.2) is 4.39 Å². The van der Waals surface area contributed by atoms with E-state index in [9.17, 15) is 9.18 Å². The molecule has 0 bridgehead atoms. The van der Waals surface area contributed by atoms with Gasteiger partial charge in [-0.05, 0) is 18.6 Å². The van der Waals surface area contributed by atoms with Crippen molar-refractivity contribution in [3.63, 3.8) is 0 Å². The number of halogens is 2. The van der Waals surface area contributed by atoms with Gasteiger partial charge in [0, 0.05) is 12.5 Å². The number of carbonyl (C=O) groups is 1. The van der Waals surface area contributed by atoms with Gasteiger partial charge in [0.15, 0.2) is 0 Å². The normalized spacial score (nSPS) is 13.1. The minimum absolute atomic E-state index is 0.00761. The molecule has 7 heteroatoms. The lowest BCUT2D eigenvalue weighted by molar-refractivity contribution is 0.0933. The molecule has 0 heterocycles. The largest absolute Gasteiger partial charge is 0.409 e. The van der Waals surface area contributed by atoms with E-state index in [4.69, 9.17) is 22.5 Å². The zero-order valence-corrected chi connectivity index (χ0v) is 11.1. The van der Waals surface area contributed by atoms with Crippen molar-refractivity contribution in [3.05, 3.63) is 34.6 Å². The van der Waals surface area contributed by atoms with Gasteiger partial charge in [-0.3, -0.25) is 4.79 Å². The molecule has 1 rings (SSSR count). The maximum Gasteiger partial charge on any atom is 0.256 e. The van der Waals surface area contributed by atoms with Gasteiger partial charge in [-0.15, -0.1) is 0 Å². The van der Waals surface area contributed by atoms with Crippen LogP contribution < -0.4 is 11.1 Å². The number of oxime groups is 1. The summed E-state index contributed by atoms with van der Waals surface area (Å²) in [5.74, 6) is -1.32. The van der Waals surface area contributed by atoms with Crippen molar-refractivity contribution in [1.82, 2.24) is 5.32 Å². The van der Waals surface area contributed by atoms with Crippen LogP contribution in [0.25, 0.3) is 0 Å². The number of carbonyl (C=O) groups excluding carboxylic acids is 1. The third-order valence-corrected chi connectivity index (χ3v) is 2.92. The summed E-state index contributed by atoms with van der Waals surface area (Å²) in [5.41, 5.74) is 5.17. The highest BCUT2D eigenvalue weighted by atomic mass is 35.5. The molecule has 1 aromatic rings. The highest BCUT2D eigenvalue weighted by Gasteiger charge is 2.19. The number of amides is 1. The van der Waals surface area contributed by atoms with Crippen LogP contribution in [0, 0.1) is 5.82 Å². The molecule has 0 aliphatic carbocycles. The minimum atomic E-state index is -0.691. The van der Waals surface area contributed by atoms with Crippen LogP contribution in [-0.4, -0.2) is 23.0 Å². The van der Waals surface area contributed by atoms with Crippen LogP contribution in [0.3, 0.4) is 0 Å². The summed E-state index contributed by atoms with van der Waals surface area (Å²) in [5, 5.41) is 14.0. The summed E-state index contributed by atoms with van der Waals surface area (Å²) in [4.78, 5) is 11.9. The van der Waals surface area contributed by atoms with Gasteiger partial charge < -0.3 is 16.3 Å². The zero-order chi connectivity index (χ0) is 14.4. The van der Waals surface area contributed by atoms with Crippen LogP contribution in [-0.2, 0) is 0 Å². The molecule has 0 spiro atoms. The van der Waals surface area contributed by atoms with E-state index in [-0.39, 0.29) is 28.9 Å². The van der Waals surface area contributed by atoms with Crippen LogP contribution in [0.4, 0.5) is 4.39 Å². The Morgan fingerprint density at radius 3 is 2.84 bits per heavy atom. The molecule has 1 unspecified atom stereocenters. The quantitative estimate of drug-likeness (QED) is 0.335. The van der Waals surface area contributed by atoms with E-state index in [1.165, 1.54) is 12.1 Å². The molecule has 1 amide bonds. The number of nitrogens with zero attached hydrogens (tertiary/aromatic N) is 1. The third kappa shape index (κ3) is 4.10. The number of benzene rings is 1. The summed E-state index contributed by atoms with van der Waals surface area (Å²) >= 11 is 5.79. The van der Waals surface area contributed by atoms with Gasteiger partial charge in [0.05, 0.1) is 10.6 Å². The first-order chi connectivity index (χ1) is 8.99. The third-order valence-electron chi connectivity index (χ3n) is 2.60. The molecule has 0 radical (unpaired) electrons. The fourth-order valence-corrected chi connectivity index (χ4v) is 1.81. The minimum Gasteiger partial charge on any atom is -0.409 e. The Balaban J connectivity index is 2.83. The first kappa shape index (κ1) is 15.2. The molecule has 4 N–H and O–H groups in total. The van der Waals surface area contributed by atoms with Gasteiger partial charge in [-0.2, -0.15) is 0 Å². The molecule has 1 atom stereocenters. The maximum atomic E-state index is 13.6. The first-order valence-corrected chi connectivity index (χ1v) is 6.08. The Morgan fingerprint density at radius 1 is 1.63 bits per heavy atom. The summed E-state index contributed by atoms with van der Waals surface area (Å²) in [6.07, 6.45) is 0.721. The predicted molar refractivity (Wildman–Crippen MR) is 71.0 cm³/mol. The Bertz CT molecular complexity index is 474. The van der Waals surface area contributed by atoms with Gasteiger partial charge in [0.25, 0.3) is 5.91 Å². The molecule has 0 fully saturated rings. The summed E-state index contributed by atoms with van der Waals surface area (Å²) in [6, 6.07) is 3.65. The molecule has 19 heavy (non-hydrogen) atoms. The molecule has 1 aromatic carbocycles. The second kappa shape index (κ2) is 6.94. The Morgan fingerprint density at radius 2 is 2.32 bits per heavy atom. The Labute approximate surface area is 115 Å². The van der Waals surface area contributed by atoms with Crippen LogP contribution >= 0.6 is 11.6 Å². The molecule has 104 valence electrons. The summed E-state index contributed by atoms with van der Waals surface area (Å²) in [6.45, 7) is 1.82. The monoisotopic (exact) mass is 287 g/mol. The van der Waals surface area contributed by atoms with E-state index in [0.717, 1.165) is 6.07 Å². The number of hydrogen-bond donors (Lipinski definition) is 3. The highest BCUT2D eigenvalue weighted by Crippen LogP contribution is 2.19. The van der Waals surface area contributed by atoms with E-state index in [0.29, 0.717) is 6.42 Å². The number of hydrogen-bond acceptors (Lipinski definition) is 3. The van der Waals surface area contributed by atoms with Crippen LogP contribution in [0.1, 0.15) is 30.1 Å². The lowest BCUT2D eigenvalue weighted by Crippen LogP contribution is -2.38. The van der Waals surface area contributed by atoms with Gasteiger partial charge in [0.1, 0.15) is 11.7 Å². The molecule has 5 nitrogen and oxygen atoms in total. The zero-order valence-electron chi connectivity index (χ0n) is 10.4. The molecule has 0 aliphatic heterocycles. The van der Waals surface area contributed by atoms with E-state index < -0.39 is 11.7 Å². The van der Waals surface area contributed by atoms with E-state index in [1.807, 2.05) is 6.92 Å². The second-order valence-electron chi connectivity index (χ2n) is 3.97. The van der Waals surface area contributed by atoms with Crippen molar-refractivity contribution in [2.45, 2.75) is 25.8 Å². The second-order valence-corrected chi connectivity index (χ2v) is 4.38. The lowest BCUT2D eigenvalue weighted by atomic mass is 10.1. The number of amidine groups is 1. The highest BCUT2D eigenvalue weighted by molar-refractivity contribution is 6.33. The fourth-order valence-electron chi connectivity index (χ4n) is 1.56. The van der Waals surface area contributed by atoms with Crippen molar-refractivity contribution in [3.8, 4) is 0 Å². The van der Waals surface area contributed by atoms with Crippen molar-refractivity contribution in [1.29, 1.82) is 0 Å². The average Bonchev–Trinajstić information content (AvgIpc) is 2.37. The summed E-state index contributed by atoms with van der Waals surface area (Å²) in [7, 11) is 0. The Hall–Kier alpha value is -1.82. The standard InChI is InChI=1S/C12H15ClFN3O2/c1-2-7(6-10(15)17-19)16-12(18)11-8(13)4-3-5-9(11)14/h3-5,7,19H,2,6H2,1H3,(H2,15,17)(H,16,18). The van der Waals surface area contributed by atoms with Crippen molar-refractivity contribution in [2.75, 3.05) is 0 Å². The van der Waals surface area contributed by atoms with E-state index >= 15 is 0 Å². The Kier molecular flexibility index (Phi) is 5.57. The lowest BCUT2D eigenvalue weighted by Gasteiger charge is -2.16. The molecular weight excluding hydrogens is 273 g/mol. The SMILES string of the molecule is CCC(CC(N)=NO)NC(=O)c1c(F)cccc1Cl. The molecule has 0 saturated carbocycles. The van der Waals surface area contributed by atoms with Crippen molar-refractivity contribution in [2.24, 2.45) is 10.9 Å². The topological polar surface area (TPSA) is 87.7 Å². The maximum absolute atomic E-state index is 13.6. The molecule has 0 saturated heterocycles. The first-order valence-electron chi connectivity index (χ1n) is 5.70. The van der Waals surface area contributed by atoms with E-state index in [2.05, 4.69) is 10.5 Å². The average molecular weight is 288 g/mol. The number of rotatable bonds is 5. The smallest absolute Gasteiger partial charge is 0.256 e. The fraction of sp³-hybridized carbons (Fsp3) is 0.333. The number of nitrogens with two attached hydrogens (primary N) is 1. The van der Waals surface area contributed by atoms with Crippen LogP contribution in [0.5, 0.6) is 0 Å². The van der Waals surface area contributed by atoms with E-state index in [1.54, 1.807) is 0 Å². The van der Waals surface area contributed by atoms with Crippen molar-refractivity contribution < 1.29 is 14.4 Å². The van der Waals surface area contributed by atoms with Crippen molar-refractivity contribution >= 4 is 23.3 Å². The number of nitrogens with one attached hydrogen (secondary N) is 1. The van der Waals surface area contributed by atoms with Gasteiger partial charge >= 0.3 is 0 Å². The van der Waals surface area contributed by atoms with Gasteiger partial charge in [-0.1, -0.05) is 29.7 Å². The molecule has 0 aromatic heterocycles. The van der Waals surface area contributed by atoms with Gasteiger partial charge in [0.2, 0.25) is 0 Å². The molecular formula is C12H15ClFN3O2. The summed E-state index contributed by atoms with van der Waals surface area (Å²) < 4.78 is 13.6.